The second-order valence-electron chi connectivity index (χ2n) is 6.89. The quantitative estimate of drug-likeness (QED) is 0.182. The predicted octanol–water partition coefficient (Wildman–Crippen LogP) is 5.06. The third kappa shape index (κ3) is 7.27. The second-order valence-corrected chi connectivity index (χ2v) is 11.8. The van der Waals surface area contributed by atoms with Gasteiger partial charge in [-0.1, -0.05) is 0 Å². The van der Waals surface area contributed by atoms with Crippen molar-refractivity contribution in [2.75, 3.05) is 0 Å². The first-order valence-electron chi connectivity index (χ1n) is 8.44. The normalized spacial score (nSPS) is 11.8. The topological polar surface area (TPSA) is 107 Å². The van der Waals surface area contributed by atoms with Crippen LogP contribution >= 0.6 is 67.8 Å². The van der Waals surface area contributed by atoms with E-state index in [4.69, 9.17) is 9.47 Å². The Labute approximate surface area is 215 Å². The molecule has 0 aromatic heterocycles. The molecule has 0 aliphatic rings. The average molecular weight is 770 g/mol. The molecule has 30 heavy (non-hydrogen) atoms. The minimum atomic E-state index is -4.39. The summed E-state index contributed by atoms with van der Waals surface area (Å²) in [4.78, 5) is 24.5. The number of rotatable bonds is 7. The summed E-state index contributed by atoms with van der Waals surface area (Å²) in [6, 6.07) is 9.73. The molecule has 0 unspecified atom stereocenters. The predicted molar refractivity (Wildman–Crippen MR) is 135 cm³/mol. The first-order chi connectivity index (χ1) is 13.8. The fourth-order valence-corrected chi connectivity index (χ4v) is 6.64. The molecule has 0 radical (unpaired) electrons. The highest BCUT2D eigenvalue weighted by molar-refractivity contribution is 14.1. The number of hydrogen-bond donors (Lipinski definition) is 1. The Bertz CT molecular complexity index is 1040. The summed E-state index contributed by atoms with van der Waals surface area (Å²) in [5, 5.41) is 0. The molecule has 2 rings (SSSR count). The number of carbonyl (C=O) groups excluding carboxylic acids is 2. The molecule has 2 aromatic carbocycles. The second kappa shape index (κ2) is 10.4. The van der Waals surface area contributed by atoms with Crippen LogP contribution < -0.4 is 9.47 Å². The maximum absolute atomic E-state index is 12.6. The van der Waals surface area contributed by atoms with E-state index in [9.17, 15) is 22.6 Å². The molecule has 11 heteroatoms. The monoisotopic (exact) mass is 770 g/mol. The van der Waals surface area contributed by atoms with Crippen molar-refractivity contribution in [2.45, 2.75) is 31.6 Å². The van der Waals surface area contributed by atoms with Gasteiger partial charge in [-0.2, -0.15) is 8.42 Å². The van der Waals surface area contributed by atoms with Crippen LogP contribution in [0.4, 0.5) is 0 Å². The molecule has 0 heterocycles. The van der Waals surface area contributed by atoms with E-state index in [2.05, 4.69) is 22.6 Å². The Hall–Kier alpha value is -0.520. The van der Waals surface area contributed by atoms with Gasteiger partial charge in [0.05, 0.1) is 5.41 Å². The lowest BCUT2D eigenvalue weighted by Crippen LogP contribution is -2.30. The Morgan fingerprint density at radius 1 is 0.967 bits per heavy atom. The first-order valence-corrected chi connectivity index (χ1v) is 13.1. The van der Waals surface area contributed by atoms with Crippen molar-refractivity contribution < 1.29 is 32.0 Å². The van der Waals surface area contributed by atoms with E-state index in [1.54, 1.807) is 71.2 Å². The van der Waals surface area contributed by atoms with Crippen LogP contribution in [0, 0.1) is 16.1 Å². The smallest absolute Gasteiger partial charge is 0.316 e. The Balaban J connectivity index is 2.01. The largest absolute Gasteiger partial charge is 0.427 e. The van der Waals surface area contributed by atoms with E-state index in [0.29, 0.717) is 5.75 Å². The lowest BCUT2D eigenvalue weighted by atomic mass is 9.88. The van der Waals surface area contributed by atoms with E-state index in [1.807, 2.05) is 12.1 Å². The molecule has 0 bridgehead atoms. The molecule has 0 aliphatic heterocycles. The van der Waals surface area contributed by atoms with Gasteiger partial charge >= 0.3 is 11.9 Å². The van der Waals surface area contributed by atoms with Crippen LogP contribution in [-0.2, 0) is 19.7 Å². The van der Waals surface area contributed by atoms with Crippen LogP contribution in [0.2, 0.25) is 0 Å². The minimum Gasteiger partial charge on any atom is -0.427 e. The van der Waals surface area contributed by atoms with Crippen molar-refractivity contribution in [1.82, 2.24) is 0 Å². The number of halogens is 3. The zero-order chi connectivity index (χ0) is 22.7. The van der Waals surface area contributed by atoms with Crippen LogP contribution in [0.25, 0.3) is 0 Å². The zero-order valence-electron chi connectivity index (χ0n) is 15.8. The molecule has 7 nitrogen and oxygen atoms in total. The number of ether oxygens (including phenoxy) is 2. The van der Waals surface area contributed by atoms with E-state index >= 15 is 0 Å². The summed E-state index contributed by atoms with van der Waals surface area (Å²) >= 11 is 5.64. The highest BCUT2D eigenvalue weighted by Gasteiger charge is 2.31. The average Bonchev–Trinajstić information content (AvgIpc) is 2.60. The Morgan fingerprint density at radius 3 is 2.00 bits per heavy atom. The van der Waals surface area contributed by atoms with Crippen molar-refractivity contribution in [3.8, 4) is 11.5 Å². The molecular formula is C19H17I3O7S. The molecule has 1 N–H and O–H groups in total. The number of carbonyl (C=O) groups is 2. The van der Waals surface area contributed by atoms with E-state index < -0.39 is 27.5 Å². The minimum absolute atomic E-state index is 0.0187. The standard InChI is InChI=1S/C19H17I3O7S/c1-19(2,8-7-16(23)28-12-5-3-11(20)4-6-12)18(24)29-13-9-14(21)17(15(22)10-13)30(25,26)27/h3-6,9-10H,7-8H2,1-2H3,(H,25,26,27). The van der Waals surface area contributed by atoms with Crippen molar-refractivity contribution in [2.24, 2.45) is 5.41 Å². The molecule has 0 atom stereocenters. The summed E-state index contributed by atoms with van der Waals surface area (Å²) in [6.07, 6.45) is 0.219. The van der Waals surface area contributed by atoms with Gasteiger partial charge in [0.25, 0.3) is 10.1 Å². The first kappa shape index (κ1) is 25.7. The maximum atomic E-state index is 12.6. The van der Waals surface area contributed by atoms with Gasteiger partial charge in [0, 0.05) is 17.1 Å². The van der Waals surface area contributed by atoms with Gasteiger partial charge in [0.1, 0.15) is 16.4 Å². The fourth-order valence-electron chi connectivity index (χ4n) is 2.29. The maximum Gasteiger partial charge on any atom is 0.316 e. The van der Waals surface area contributed by atoms with Gasteiger partial charge in [0.15, 0.2) is 0 Å². The SMILES string of the molecule is CC(C)(CCC(=O)Oc1ccc(I)cc1)C(=O)Oc1cc(I)c(S(=O)(=O)O)c(I)c1. The van der Waals surface area contributed by atoms with Crippen LogP contribution in [0.15, 0.2) is 41.3 Å². The highest BCUT2D eigenvalue weighted by Crippen LogP contribution is 2.31. The van der Waals surface area contributed by atoms with Crippen LogP contribution in [0.1, 0.15) is 26.7 Å². The summed E-state index contributed by atoms with van der Waals surface area (Å²) in [5.74, 6) is -0.450. The van der Waals surface area contributed by atoms with E-state index in [-0.39, 0.29) is 30.6 Å². The highest BCUT2D eigenvalue weighted by atomic mass is 127. The molecule has 0 saturated heterocycles. The number of hydrogen-bond acceptors (Lipinski definition) is 6. The molecular weight excluding hydrogens is 753 g/mol. The number of benzene rings is 2. The van der Waals surface area contributed by atoms with Gasteiger partial charge in [-0.25, -0.2) is 0 Å². The molecule has 2 aromatic rings. The summed E-state index contributed by atoms with van der Waals surface area (Å²) < 4.78 is 44.3. The lowest BCUT2D eigenvalue weighted by Gasteiger charge is -2.22. The van der Waals surface area contributed by atoms with Gasteiger partial charge in [0.2, 0.25) is 0 Å². The van der Waals surface area contributed by atoms with E-state index in [1.165, 1.54) is 12.1 Å². The van der Waals surface area contributed by atoms with Gasteiger partial charge in [-0.05, 0) is 124 Å². The lowest BCUT2D eigenvalue weighted by molar-refractivity contribution is -0.145. The summed E-state index contributed by atoms with van der Waals surface area (Å²) in [5.41, 5.74) is -0.982. The van der Waals surface area contributed by atoms with Crippen molar-refractivity contribution >= 4 is 89.8 Å². The van der Waals surface area contributed by atoms with Crippen molar-refractivity contribution in [1.29, 1.82) is 0 Å². The van der Waals surface area contributed by atoms with Crippen molar-refractivity contribution in [3.63, 3.8) is 0 Å². The Kier molecular flexibility index (Phi) is 8.92. The van der Waals surface area contributed by atoms with Crippen molar-refractivity contribution in [3.05, 3.63) is 47.1 Å². The molecule has 0 aliphatic carbocycles. The summed E-state index contributed by atoms with van der Waals surface area (Å²) in [7, 11) is -4.39. The molecule has 0 amide bonds. The Morgan fingerprint density at radius 2 is 1.50 bits per heavy atom. The van der Waals surface area contributed by atoms with Crippen LogP contribution in [-0.4, -0.2) is 24.9 Å². The summed E-state index contributed by atoms with van der Waals surface area (Å²) in [6.45, 7) is 3.30. The molecule has 162 valence electrons. The van der Waals surface area contributed by atoms with Gasteiger partial charge in [-0.3, -0.25) is 14.1 Å². The van der Waals surface area contributed by atoms with Gasteiger partial charge in [-0.15, -0.1) is 0 Å². The van der Waals surface area contributed by atoms with Gasteiger partial charge < -0.3 is 9.47 Å². The molecule has 0 fully saturated rings. The van der Waals surface area contributed by atoms with Crippen LogP contribution in [0.5, 0.6) is 11.5 Å². The molecule has 0 saturated carbocycles. The number of esters is 2. The van der Waals surface area contributed by atoms with E-state index in [0.717, 1.165) is 3.57 Å². The third-order valence-electron chi connectivity index (χ3n) is 3.99. The molecule has 0 spiro atoms. The third-order valence-corrected chi connectivity index (χ3v) is 8.10. The van der Waals surface area contributed by atoms with Crippen LogP contribution in [0.3, 0.4) is 0 Å². The zero-order valence-corrected chi connectivity index (χ0v) is 23.1. The fraction of sp³-hybridized carbons (Fsp3) is 0.263.